The highest BCUT2D eigenvalue weighted by atomic mass is 16.5. The summed E-state index contributed by atoms with van der Waals surface area (Å²) in [6.07, 6.45) is 5.80. The van der Waals surface area contributed by atoms with Gasteiger partial charge in [-0.2, -0.15) is 0 Å². The number of ether oxygens (including phenoxy) is 2. The van der Waals surface area contributed by atoms with Crippen molar-refractivity contribution in [2.75, 3.05) is 0 Å². The van der Waals surface area contributed by atoms with E-state index in [0.717, 1.165) is 46.4 Å². The van der Waals surface area contributed by atoms with E-state index in [2.05, 4.69) is 4.98 Å². The second kappa shape index (κ2) is 8.11. The van der Waals surface area contributed by atoms with Crippen LogP contribution < -0.4 is 9.47 Å². The van der Waals surface area contributed by atoms with Crippen LogP contribution in [0.15, 0.2) is 79.1 Å². The molecule has 3 aromatic carbocycles. The highest BCUT2D eigenvalue weighted by molar-refractivity contribution is 5.87. The van der Waals surface area contributed by atoms with Crippen molar-refractivity contribution in [3.63, 3.8) is 0 Å². The number of rotatable bonds is 7. The molecule has 5 heteroatoms. The van der Waals surface area contributed by atoms with Gasteiger partial charge in [-0.25, -0.2) is 0 Å². The molecule has 5 rings (SSSR count). The molecule has 0 atom stereocenters. The highest BCUT2D eigenvalue weighted by Crippen LogP contribution is 2.47. The summed E-state index contributed by atoms with van der Waals surface area (Å²) in [5, 5.41) is 11.1. The van der Waals surface area contributed by atoms with Gasteiger partial charge in [-0.05, 0) is 72.2 Å². The van der Waals surface area contributed by atoms with Crippen LogP contribution >= 0.6 is 0 Å². The fourth-order valence-electron chi connectivity index (χ4n) is 3.72. The predicted molar refractivity (Wildman–Crippen MR) is 118 cm³/mol. The van der Waals surface area contributed by atoms with E-state index in [4.69, 9.17) is 14.6 Å². The molecule has 1 aromatic heterocycles. The van der Waals surface area contributed by atoms with E-state index >= 15 is 0 Å². The average molecular weight is 411 g/mol. The Kier molecular flexibility index (Phi) is 5.00. The first-order chi connectivity index (χ1) is 15.2. The smallest absolute Gasteiger partial charge is 0.307 e. The minimum Gasteiger partial charge on any atom is -0.481 e. The fraction of sp³-hybridized carbons (Fsp3) is 0.154. The third-order valence-electron chi connectivity index (χ3n) is 5.35. The molecule has 0 unspecified atom stereocenters. The van der Waals surface area contributed by atoms with Crippen LogP contribution in [-0.4, -0.2) is 16.1 Å². The lowest BCUT2D eigenvalue weighted by molar-refractivity contribution is -0.136. The number of pyridine rings is 1. The molecule has 154 valence electrons. The van der Waals surface area contributed by atoms with Gasteiger partial charge in [0.2, 0.25) is 0 Å². The van der Waals surface area contributed by atoms with Crippen LogP contribution in [0.25, 0.3) is 10.8 Å². The largest absolute Gasteiger partial charge is 0.481 e. The van der Waals surface area contributed by atoms with Crippen LogP contribution in [0.3, 0.4) is 0 Å². The van der Waals surface area contributed by atoms with E-state index in [1.165, 1.54) is 0 Å². The molecule has 1 aliphatic carbocycles. The van der Waals surface area contributed by atoms with Crippen LogP contribution in [0.1, 0.15) is 29.9 Å². The summed E-state index contributed by atoms with van der Waals surface area (Å²) < 4.78 is 12.4. The van der Waals surface area contributed by atoms with Gasteiger partial charge >= 0.3 is 5.97 Å². The number of nitrogens with zero attached hydrogens (tertiary/aromatic N) is 1. The second-order valence-electron chi connectivity index (χ2n) is 7.75. The average Bonchev–Trinajstić information content (AvgIpc) is 3.60. The minimum atomic E-state index is -0.860. The number of carboxylic acids is 1. The van der Waals surface area contributed by atoms with Gasteiger partial charge in [0.25, 0.3) is 0 Å². The predicted octanol–water partition coefficient (Wildman–Crippen LogP) is 6.32. The first-order valence-corrected chi connectivity index (χ1v) is 10.3. The molecule has 1 heterocycles. The summed E-state index contributed by atoms with van der Waals surface area (Å²) in [6.45, 7) is 0. The van der Waals surface area contributed by atoms with E-state index in [1.54, 1.807) is 18.3 Å². The molecule has 1 aliphatic rings. The van der Waals surface area contributed by atoms with E-state index in [0.29, 0.717) is 17.2 Å². The van der Waals surface area contributed by atoms with E-state index in [9.17, 15) is 4.79 Å². The van der Waals surface area contributed by atoms with Gasteiger partial charge in [0.05, 0.1) is 6.42 Å². The Morgan fingerprint density at radius 3 is 2.58 bits per heavy atom. The topological polar surface area (TPSA) is 68.7 Å². The fourth-order valence-corrected chi connectivity index (χ4v) is 3.72. The van der Waals surface area contributed by atoms with E-state index < -0.39 is 5.97 Å². The van der Waals surface area contributed by atoms with Crippen LogP contribution in [0.5, 0.6) is 23.0 Å². The number of hydrogen-bond donors (Lipinski definition) is 1. The number of fused-ring (bicyclic) bond motifs is 1. The zero-order valence-electron chi connectivity index (χ0n) is 16.8. The summed E-state index contributed by atoms with van der Waals surface area (Å²) in [5.74, 6) is 2.53. The second-order valence-corrected chi connectivity index (χ2v) is 7.75. The molecular formula is C26H21NO4. The van der Waals surface area contributed by atoms with Crippen LogP contribution in [0.4, 0.5) is 0 Å². The van der Waals surface area contributed by atoms with Crippen LogP contribution in [0.2, 0.25) is 0 Å². The Morgan fingerprint density at radius 2 is 1.74 bits per heavy atom. The summed E-state index contributed by atoms with van der Waals surface area (Å²) in [7, 11) is 0. The first-order valence-electron chi connectivity index (χ1n) is 10.3. The summed E-state index contributed by atoms with van der Waals surface area (Å²) in [6, 6.07) is 21.0. The van der Waals surface area contributed by atoms with Crippen molar-refractivity contribution in [3.05, 3.63) is 90.3 Å². The quantitative estimate of drug-likeness (QED) is 0.385. The molecule has 5 nitrogen and oxygen atoms in total. The van der Waals surface area contributed by atoms with Crippen molar-refractivity contribution in [2.45, 2.75) is 25.2 Å². The maximum Gasteiger partial charge on any atom is 0.307 e. The minimum absolute atomic E-state index is 0.0284. The molecule has 0 amide bonds. The molecule has 1 saturated carbocycles. The Balaban J connectivity index is 1.43. The third kappa shape index (κ3) is 4.36. The zero-order chi connectivity index (χ0) is 21.2. The molecule has 0 aliphatic heterocycles. The Labute approximate surface area is 179 Å². The van der Waals surface area contributed by atoms with Gasteiger partial charge in [0, 0.05) is 23.3 Å². The number of carboxylic acid groups (broad SMARTS) is 1. The number of aromatic nitrogens is 1. The maximum absolute atomic E-state index is 11.0. The first kappa shape index (κ1) is 19.1. The Morgan fingerprint density at radius 1 is 0.935 bits per heavy atom. The van der Waals surface area contributed by atoms with Crippen LogP contribution in [0, 0.1) is 0 Å². The Bertz CT molecular complexity index is 1260. The lowest BCUT2D eigenvalue weighted by Crippen LogP contribution is -2.00. The van der Waals surface area contributed by atoms with Crippen molar-refractivity contribution < 1.29 is 19.4 Å². The zero-order valence-corrected chi connectivity index (χ0v) is 16.8. The van der Waals surface area contributed by atoms with Gasteiger partial charge in [-0.3, -0.25) is 9.78 Å². The summed E-state index contributed by atoms with van der Waals surface area (Å²) in [4.78, 5) is 15.2. The Hall–Kier alpha value is -3.86. The van der Waals surface area contributed by atoms with Crippen molar-refractivity contribution in [2.24, 2.45) is 0 Å². The van der Waals surface area contributed by atoms with Crippen molar-refractivity contribution in [3.8, 4) is 23.0 Å². The number of hydrogen-bond acceptors (Lipinski definition) is 4. The number of carbonyl (C=O) groups is 1. The highest BCUT2D eigenvalue weighted by Gasteiger charge is 2.28. The van der Waals surface area contributed by atoms with E-state index in [-0.39, 0.29) is 6.42 Å². The number of benzene rings is 3. The maximum atomic E-state index is 11.0. The molecule has 0 saturated heterocycles. The van der Waals surface area contributed by atoms with Gasteiger partial charge in [0.1, 0.15) is 23.0 Å². The van der Waals surface area contributed by atoms with Crippen molar-refractivity contribution >= 4 is 16.7 Å². The molecule has 4 aromatic rings. The molecular weight excluding hydrogens is 390 g/mol. The van der Waals surface area contributed by atoms with Crippen molar-refractivity contribution in [1.82, 2.24) is 4.98 Å². The standard InChI is InChI=1S/C26H21NO4/c28-26(29)14-17-3-1-5-20(13-17)30-25-10-9-21(15-22(25)19-7-8-19)31-24-6-2-4-18-11-12-27-16-23(18)24/h1-6,9-13,15-16,19H,7-8,14H2,(H,28,29). The summed E-state index contributed by atoms with van der Waals surface area (Å²) in [5.41, 5.74) is 1.82. The molecule has 0 bridgehead atoms. The van der Waals surface area contributed by atoms with Crippen molar-refractivity contribution in [1.29, 1.82) is 0 Å². The van der Waals surface area contributed by atoms with Gasteiger partial charge < -0.3 is 14.6 Å². The van der Waals surface area contributed by atoms with Gasteiger partial charge in [-0.15, -0.1) is 0 Å². The molecule has 31 heavy (non-hydrogen) atoms. The molecule has 0 radical (unpaired) electrons. The normalized spacial score (nSPS) is 13.2. The van der Waals surface area contributed by atoms with Crippen LogP contribution in [-0.2, 0) is 11.2 Å². The monoisotopic (exact) mass is 411 g/mol. The van der Waals surface area contributed by atoms with Gasteiger partial charge in [-0.1, -0.05) is 24.3 Å². The molecule has 1 fully saturated rings. The summed E-state index contributed by atoms with van der Waals surface area (Å²) >= 11 is 0. The third-order valence-corrected chi connectivity index (χ3v) is 5.35. The lowest BCUT2D eigenvalue weighted by Gasteiger charge is -2.14. The molecule has 0 spiro atoms. The number of aliphatic carboxylic acids is 1. The SMILES string of the molecule is O=C(O)Cc1cccc(Oc2ccc(Oc3cccc4ccncc34)cc2C2CC2)c1. The van der Waals surface area contributed by atoms with Gasteiger partial charge in [0.15, 0.2) is 0 Å². The van der Waals surface area contributed by atoms with E-state index in [1.807, 2.05) is 60.8 Å². The molecule has 1 N–H and O–H groups in total. The lowest BCUT2D eigenvalue weighted by atomic mass is 10.1.